The van der Waals surface area contributed by atoms with Crippen LogP contribution in [0.25, 0.3) is 0 Å². The minimum absolute atomic E-state index is 0.0231. The van der Waals surface area contributed by atoms with Gasteiger partial charge < -0.3 is 5.32 Å². The second-order valence-electron chi connectivity index (χ2n) is 2.84. The average molecular weight is 202 g/mol. The molecule has 74 valence electrons. The van der Waals surface area contributed by atoms with E-state index in [4.69, 9.17) is 18.0 Å². The van der Waals surface area contributed by atoms with Crippen molar-refractivity contribution in [2.45, 2.75) is 38.6 Å². The van der Waals surface area contributed by atoms with Crippen molar-refractivity contribution in [1.29, 1.82) is 0 Å². The molecule has 3 heteroatoms. The summed E-state index contributed by atoms with van der Waals surface area (Å²) in [5.74, 6) is 3.15. The molecule has 13 heavy (non-hydrogen) atoms. The highest BCUT2D eigenvalue weighted by Crippen LogP contribution is 1.98. The summed E-state index contributed by atoms with van der Waals surface area (Å²) >= 11 is 5.48. The fourth-order valence-corrected chi connectivity index (χ4v) is 1.10. The maximum absolute atomic E-state index is 11.2. The third-order valence-electron chi connectivity index (χ3n) is 1.73. The molecule has 1 N–H and O–H groups in total. The van der Waals surface area contributed by atoms with Gasteiger partial charge in [-0.3, -0.25) is 4.79 Å². The summed E-state index contributed by atoms with van der Waals surface area (Å²) in [6, 6.07) is -0.122. The monoisotopic (exact) mass is 201 g/mol. The van der Waals surface area contributed by atoms with E-state index in [1.54, 1.807) is 0 Å². The lowest BCUT2D eigenvalue weighted by Crippen LogP contribution is -2.32. The van der Waals surface area contributed by atoms with Gasteiger partial charge in [-0.05, 0) is 19.3 Å². The number of rotatable bonds is 6. The molecule has 0 saturated heterocycles. The van der Waals surface area contributed by atoms with Crippen LogP contribution in [0.15, 0.2) is 0 Å². The standard InChI is InChI=1S/C10H16ClNO/c1-3-9(4-2)12-10(13)7-5-6-8-11/h1,9H,4-8H2,2H3,(H,12,13). The molecule has 0 aromatic heterocycles. The Morgan fingerprint density at radius 1 is 1.62 bits per heavy atom. The first-order valence-corrected chi connectivity index (χ1v) is 5.09. The topological polar surface area (TPSA) is 29.1 Å². The summed E-state index contributed by atoms with van der Waals surface area (Å²) in [5, 5.41) is 2.76. The van der Waals surface area contributed by atoms with E-state index in [0.717, 1.165) is 19.3 Å². The molecule has 0 bridgehead atoms. The van der Waals surface area contributed by atoms with Crippen LogP contribution < -0.4 is 5.32 Å². The van der Waals surface area contributed by atoms with Crippen LogP contribution in [0.3, 0.4) is 0 Å². The van der Waals surface area contributed by atoms with Crippen LogP contribution in [-0.4, -0.2) is 17.8 Å². The van der Waals surface area contributed by atoms with E-state index in [1.807, 2.05) is 6.92 Å². The van der Waals surface area contributed by atoms with Crippen LogP contribution >= 0.6 is 11.6 Å². The Morgan fingerprint density at radius 2 is 2.31 bits per heavy atom. The maximum atomic E-state index is 11.2. The minimum atomic E-state index is -0.122. The summed E-state index contributed by atoms with van der Waals surface area (Å²) < 4.78 is 0. The largest absolute Gasteiger partial charge is 0.342 e. The van der Waals surface area contributed by atoms with Gasteiger partial charge in [0.25, 0.3) is 0 Å². The molecule has 0 radical (unpaired) electrons. The van der Waals surface area contributed by atoms with Crippen LogP contribution in [0.2, 0.25) is 0 Å². The molecular formula is C10H16ClNO. The normalized spacial score (nSPS) is 11.8. The second kappa shape index (κ2) is 7.94. The summed E-state index contributed by atoms with van der Waals surface area (Å²) in [6.45, 7) is 1.95. The van der Waals surface area contributed by atoms with Gasteiger partial charge in [-0.2, -0.15) is 0 Å². The molecule has 0 aliphatic carbocycles. The van der Waals surface area contributed by atoms with Crippen LogP contribution in [-0.2, 0) is 4.79 Å². The molecule has 1 amide bonds. The fourth-order valence-electron chi connectivity index (χ4n) is 0.908. The highest BCUT2D eigenvalue weighted by atomic mass is 35.5. The number of halogens is 1. The van der Waals surface area contributed by atoms with Crippen molar-refractivity contribution in [3.8, 4) is 12.3 Å². The Balaban J connectivity index is 3.56. The molecule has 0 fully saturated rings. The molecule has 0 spiro atoms. The first-order valence-electron chi connectivity index (χ1n) is 4.56. The van der Waals surface area contributed by atoms with Crippen LogP contribution in [0.4, 0.5) is 0 Å². The number of amides is 1. The number of carbonyl (C=O) groups is 1. The Morgan fingerprint density at radius 3 is 2.77 bits per heavy atom. The van der Waals surface area contributed by atoms with Crippen LogP contribution in [0.1, 0.15) is 32.6 Å². The number of hydrogen-bond acceptors (Lipinski definition) is 1. The number of alkyl halides is 1. The van der Waals surface area contributed by atoms with E-state index >= 15 is 0 Å². The third kappa shape index (κ3) is 6.48. The van der Waals surface area contributed by atoms with E-state index in [2.05, 4.69) is 11.2 Å². The highest BCUT2D eigenvalue weighted by Gasteiger charge is 2.05. The van der Waals surface area contributed by atoms with Gasteiger partial charge >= 0.3 is 0 Å². The number of unbranched alkanes of at least 4 members (excludes halogenated alkanes) is 1. The van der Waals surface area contributed by atoms with Crippen LogP contribution in [0.5, 0.6) is 0 Å². The average Bonchev–Trinajstić information content (AvgIpc) is 2.14. The first-order chi connectivity index (χ1) is 6.24. The van der Waals surface area contributed by atoms with E-state index in [0.29, 0.717) is 12.3 Å². The molecule has 0 aliphatic rings. The van der Waals surface area contributed by atoms with Gasteiger partial charge in [-0.1, -0.05) is 12.8 Å². The van der Waals surface area contributed by atoms with Crippen molar-refractivity contribution in [1.82, 2.24) is 5.32 Å². The second-order valence-corrected chi connectivity index (χ2v) is 3.22. The van der Waals surface area contributed by atoms with Crippen molar-refractivity contribution in [2.24, 2.45) is 0 Å². The first kappa shape index (κ1) is 12.3. The van der Waals surface area contributed by atoms with Gasteiger partial charge in [0.15, 0.2) is 0 Å². The number of hydrogen-bond donors (Lipinski definition) is 1. The third-order valence-corrected chi connectivity index (χ3v) is 2.00. The summed E-state index contributed by atoms with van der Waals surface area (Å²) in [6.07, 6.45) is 8.20. The quantitative estimate of drug-likeness (QED) is 0.397. The summed E-state index contributed by atoms with van der Waals surface area (Å²) in [7, 11) is 0. The molecule has 0 aromatic carbocycles. The molecule has 1 unspecified atom stereocenters. The molecule has 0 heterocycles. The molecule has 0 saturated carbocycles. The van der Waals surface area contributed by atoms with Crippen molar-refractivity contribution in [2.75, 3.05) is 5.88 Å². The van der Waals surface area contributed by atoms with Crippen molar-refractivity contribution < 1.29 is 4.79 Å². The molecule has 0 aromatic rings. The van der Waals surface area contributed by atoms with Crippen molar-refractivity contribution in [3.05, 3.63) is 0 Å². The predicted molar refractivity (Wildman–Crippen MR) is 55.6 cm³/mol. The van der Waals surface area contributed by atoms with Gasteiger partial charge in [0, 0.05) is 12.3 Å². The lowest BCUT2D eigenvalue weighted by atomic mass is 10.2. The van der Waals surface area contributed by atoms with E-state index < -0.39 is 0 Å². The molecule has 0 aliphatic heterocycles. The Hall–Kier alpha value is -0.680. The van der Waals surface area contributed by atoms with E-state index in [9.17, 15) is 4.79 Å². The van der Waals surface area contributed by atoms with Crippen molar-refractivity contribution in [3.63, 3.8) is 0 Å². The Bertz CT molecular complexity index is 186. The van der Waals surface area contributed by atoms with Gasteiger partial charge in [0.05, 0.1) is 6.04 Å². The lowest BCUT2D eigenvalue weighted by molar-refractivity contribution is -0.121. The zero-order chi connectivity index (χ0) is 10.1. The van der Waals surface area contributed by atoms with Gasteiger partial charge in [0.2, 0.25) is 5.91 Å². The highest BCUT2D eigenvalue weighted by molar-refractivity contribution is 6.17. The fraction of sp³-hybridized carbons (Fsp3) is 0.700. The van der Waals surface area contributed by atoms with E-state index in [-0.39, 0.29) is 11.9 Å². The molecule has 0 rings (SSSR count). The minimum Gasteiger partial charge on any atom is -0.342 e. The number of nitrogens with one attached hydrogen (secondary N) is 1. The molecule has 1 atom stereocenters. The Labute approximate surface area is 85.0 Å². The molecular weight excluding hydrogens is 186 g/mol. The smallest absolute Gasteiger partial charge is 0.220 e. The van der Waals surface area contributed by atoms with Crippen LogP contribution in [0, 0.1) is 12.3 Å². The van der Waals surface area contributed by atoms with Gasteiger partial charge in [-0.15, -0.1) is 18.0 Å². The van der Waals surface area contributed by atoms with Crippen molar-refractivity contribution >= 4 is 17.5 Å². The van der Waals surface area contributed by atoms with E-state index in [1.165, 1.54) is 0 Å². The zero-order valence-electron chi connectivity index (χ0n) is 7.98. The van der Waals surface area contributed by atoms with Gasteiger partial charge in [0.1, 0.15) is 0 Å². The van der Waals surface area contributed by atoms with Gasteiger partial charge in [-0.25, -0.2) is 0 Å². The Kier molecular flexibility index (Phi) is 7.53. The summed E-state index contributed by atoms with van der Waals surface area (Å²) in [4.78, 5) is 11.2. The predicted octanol–water partition coefficient (Wildman–Crippen LogP) is 1.92. The molecule has 2 nitrogen and oxygen atoms in total. The SMILES string of the molecule is C#CC(CC)NC(=O)CCCCCl. The maximum Gasteiger partial charge on any atom is 0.220 e. The summed E-state index contributed by atoms with van der Waals surface area (Å²) in [5.41, 5.74) is 0. The zero-order valence-corrected chi connectivity index (χ0v) is 8.73. The number of terminal acetylenes is 1. The number of carbonyl (C=O) groups excluding carboxylic acids is 1. The lowest BCUT2D eigenvalue weighted by Gasteiger charge is -2.09.